The molecule has 2 rings (SSSR count). The molecule has 1 amide bonds. The number of nitrogens with two attached hydrogens (primary N) is 1. The lowest BCUT2D eigenvalue weighted by Gasteiger charge is -2.38. The molecular weight excluding hydrogens is 301 g/mol. The number of hydrogen-bond donors (Lipinski definition) is 2. The van der Waals surface area contributed by atoms with Crippen LogP contribution in [0.2, 0.25) is 0 Å². The minimum atomic E-state index is -1.17. The lowest BCUT2D eigenvalue weighted by Crippen LogP contribution is -2.52. The van der Waals surface area contributed by atoms with Crippen molar-refractivity contribution in [3.8, 4) is 0 Å². The molecule has 0 fully saturated rings. The van der Waals surface area contributed by atoms with E-state index in [1.165, 1.54) is 18.2 Å². The van der Waals surface area contributed by atoms with Crippen LogP contribution in [0.5, 0.6) is 0 Å². The molecular formula is C16H22FN3O3. The fourth-order valence-electron chi connectivity index (χ4n) is 2.56. The average Bonchev–Trinajstić information content (AvgIpc) is 2.39. The van der Waals surface area contributed by atoms with Crippen molar-refractivity contribution in [1.29, 1.82) is 0 Å². The summed E-state index contributed by atoms with van der Waals surface area (Å²) < 4.78 is 19.7. The van der Waals surface area contributed by atoms with Crippen LogP contribution in [-0.4, -0.2) is 34.3 Å². The highest BCUT2D eigenvalue weighted by Crippen LogP contribution is 2.36. The van der Waals surface area contributed by atoms with Gasteiger partial charge in [0.1, 0.15) is 5.82 Å². The number of halogens is 1. The zero-order chi connectivity index (χ0) is 17.4. The Morgan fingerprint density at radius 2 is 2.13 bits per heavy atom. The number of ether oxygens (including phenoxy) is 1. The van der Waals surface area contributed by atoms with Crippen LogP contribution in [0.25, 0.3) is 0 Å². The second kappa shape index (κ2) is 5.72. The van der Waals surface area contributed by atoms with E-state index in [2.05, 4.69) is 4.99 Å². The van der Waals surface area contributed by atoms with Crippen molar-refractivity contribution in [2.45, 2.75) is 45.2 Å². The first-order valence-corrected chi connectivity index (χ1v) is 7.36. The van der Waals surface area contributed by atoms with E-state index in [-0.39, 0.29) is 12.6 Å². The van der Waals surface area contributed by atoms with Crippen LogP contribution in [0.1, 0.15) is 39.7 Å². The van der Waals surface area contributed by atoms with E-state index in [1.54, 1.807) is 27.7 Å². The van der Waals surface area contributed by atoms with Crippen LogP contribution in [0.15, 0.2) is 23.2 Å². The lowest BCUT2D eigenvalue weighted by atomic mass is 9.88. The van der Waals surface area contributed by atoms with Gasteiger partial charge in [-0.2, -0.15) is 0 Å². The molecule has 1 aromatic carbocycles. The van der Waals surface area contributed by atoms with Gasteiger partial charge in [0.2, 0.25) is 0 Å². The third-order valence-electron chi connectivity index (χ3n) is 3.79. The van der Waals surface area contributed by atoms with E-state index in [0.717, 1.165) is 4.90 Å². The Kier molecular flexibility index (Phi) is 4.24. The quantitative estimate of drug-likeness (QED) is 0.777. The first-order valence-electron chi connectivity index (χ1n) is 7.36. The minimum absolute atomic E-state index is 0.0272. The SMILES string of the molecule is CC(C)(C)N(C(=O)O)C1=N[C@](C)(c2cc(N)ccc2F)CCO1. The van der Waals surface area contributed by atoms with Crippen LogP contribution in [0.4, 0.5) is 14.9 Å². The highest BCUT2D eigenvalue weighted by Gasteiger charge is 2.39. The van der Waals surface area contributed by atoms with Gasteiger partial charge in [-0.05, 0) is 45.9 Å². The van der Waals surface area contributed by atoms with Gasteiger partial charge < -0.3 is 15.6 Å². The number of carbonyl (C=O) groups is 1. The first kappa shape index (κ1) is 17.1. The van der Waals surface area contributed by atoms with Crippen molar-refractivity contribution in [2.24, 2.45) is 4.99 Å². The molecule has 7 heteroatoms. The van der Waals surface area contributed by atoms with Crippen molar-refractivity contribution in [3.05, 3.63) is 29.6 Å². The molecule has 0 saturated heterocycles. The molecule has 0 spiro atoms. The molecule has 1 aliphatic heterocycles. The Balaban J connectivity index is 2.52. The Morgan fingerprint density at radius 3 is 2.70 bits per heavy atom. The summed E-state index contributed by atoms with van der Waals surface area (Å²) in [4.78, 5) is 17.1. The van der Waals surface area contributed by atoms with Gasteiger partial charge in [-0.3, -0.25) is 0 Å². The minimum Gasteiger partial charge on any atom is -0.465 e. The summed E-state index contributed by atoms with van der Waals surface area (Å²) in [7, 11) is 0. The third kappa shape index (κ3) is 3.38. The summed E-state index contributed by atoms with van der Waals surface area (Å²) in [6, 6.07) is 4.27. The van der Waals surface area contributed by atoms with Crippen LogP contribution >= 0.6 is 0 Å². The summed E-state index contributed by atoms with van der Waals surface area (Å²) >= 11 is 0. The molecule has 1 aliphatic rings. The van der Waals surface area contributed by atoms with Gasteiger partial charge in [-0.15, -0.1) is 0 Å². The summed E-state index contributed by atoms with van der Waals surface area (Å²) in [6.45, 7) is 7.19. The molecule has 23 heavy (non-hydrogen) atoms. The number of amidine groups is 1. The molecule has 0 saturated carbocycles. The molecule has 0 radical (unpaired) electrons. The van der Waals surface area contributed by atoms with E-state index in [0.29, 0.717) is 17.7 Å². The normalized spacial score (nSPS) is 21.3. The van der Waals surface area contributed by atoms with Gasteiger partial charge in [-0.1, -0.05) is 0 Å². The highest BCUT2D eigenvalue weighted by atomic mass is 19.1. The number of rotatable bonds is 1. The van der Waals surface area contributed by atoms with E-state index >= 15 is 0 Å². The molecule has 1 heterocycles. The number of carboxylic acid groups (broad SMARTS) is 1. The van der Waals surface area contributed by atoms with Gasteiger partial charge in [0.15, 0.2) is 0 Å². The van der Waals surface area contributed by atoms with Crippen LogP contribution in [-0.2, 0) is 10.3 Å². The summed E-state index contributed by atoms with van der Waals surface area (Å²) in [5.74, 6) is -0.427. The summed E-state index contributed by atoms with van der Waals surface area (Å²) in [6.07, 6.45) is -0.748. The molecule has 0 bridgehead atoms. The Hall–Kier alpha value is -2.31. The van der Waals surface area contributed by atoms with Gasteiger partial charge in [-0.25, -0.2) is 19.1 Å². The number of nitrogen functional groups attached to an aromatic ring is 1. The van der Waals surface area contributed by atoms with Crippen molar-refractivity contribution < 1.29 is 19.0 Å². The third-order valence-corrected chi connectivity index (χ3v) is 3.79. The molecule has 6 nitrogen and oxygen atoms in total. The Morgan fingerprint density at radius 1 is 1.48 bits per heavy atom. The summed E-state index contributed by atoms with van der Waals surface area (Å²) in [5.41, 5.74) is 4.84. The maximum Gasteiger partial charge on any atom is 0.415 e. The number of aliphatic imine (C=N–C) groups is 1. The number of nitrogens with zero attached hydrogens (tertiary/aromatic N) is 2. The second-order valence-corrected chi connectivity index (χ2v) is 6.79. The monoisotopic (exact) mass is 323 g/mol. The molecule has 3 N–H and O–H groups in total. The Bertz CT molecular complexity index is 654. The van der Waals surface area contributed by atoms with Crippen molar-refractivity contribution in [2.75, 3.05) is 12.3 Å². The van der Waals surface area contributed by atoms with Crippen LogP contribution in [0.3, 0.4) is 0 Å². The largest absolute Gasteiger partial charge is 0.465 e. The predicted molar refractivity (Wildman–Crippen MR) is 85.8 cm³/mol. The van der Waals surface area contributed by atoms with Gasteiger partial charge >= 0.3 is 6.09 Å². The topological polar surface area (TPSA) is 88.2 Å². The number of benzene rings is 1. The smallest absolute Gasteiger partial charge is 0.415 e. The maximum atomic E-state index is 14.2. The fraction of sp³-hybridized carbons (Fsp3) is 0.500. The summed E-state index contributed by atoms with van der Waals surface area (Å²) in [5, 5.41) is 9.47. The Labute approximate surface area is 134 Å². The second-order valence-electron chi connectivity index (χ2n) is 6.79. The number of hydrogen-bond acceptors (Lipinski definition) is 4. The molecule has 0 aromatic heterocycles. The van der Waals surface area contributed by atoms with Crippen molar-refractivity contribution in [1.82, 2.24) is 4.90 Å². The van der Waals surface area contributed by atoms with Crippen LogP contribution in [0, 0.1) is 5.82 Å². The van der Waals surface area contributed by atoms with Gasteiger partial charge in [0, 0.05) is 23.2 Å². The first-order chi connectivity index (χ1) is 10.5. The van der Waals surface area contributed by atoms with E-state index < -0.39 is 23.0 Å². The fourth-order valence-corrected chi connectivity index (χ4v) is 2.56. The lowest BCUT2D eigenvalue weighted by molar-refractivity contribution is 0.105. The van der Waals surface area contributed by atoms with Gasteiger partial charge in [0.25, 0.3) is 6.02 Å². The molecule has 0 aliphatic carbocycles. The van der Waals surface area contributed by atoms with E-state index in [4.69, 9.17) is 10.5 Å². The van der Waals surface area contributed by atoms with E-state index in [9.17, 15) is 14.3 Å². The average molecular weight is 323 g/mol. The standard InChI is InChI=1S/C16H22FN3O3/c1-15(2,3)20(14(21)22)13-19-16(4,7-8-23-13)11-9-10(18)5-6-12(11)17/h5-6,9H,7-8,18H2,1-4H3,(H,21,22)/t16-/m0/s1. The zero-order valence-corrected chi connectivity index (χ0v) is 13.8. The maximum absolute atomic E-state index is 14.2. The van der Waals surface area contributed by atoms with Gasteiger partial charge in [0.05, 0.1) is 12.1 Å². The predicted octanol–water partition coefficient (Wildman–Crippen LogP) is 3.18. The zero-order valence-electron chi connectivity index (χ0n) is 13.8. The van der Waals surface area contributed by atoms with Crippen LogP contribution < -0.4 is 5.73 Å². The molecule has 126 valence electrons. The highest BCUT2D eigenvalue weighted by molar-refractivity contribution is 5.91. The number of anilines is 1. The molecule has 1 aromatic rings. The van der Waals surface area contributed by atoms with Crippen molar-refractivity contribution >= 4 is 17.8 Å². The van der Waals surface area contributed by atoms with Crippen molar-refractivity contribution in [3.63, 3.8) is 0 Å². The molecule has 0 unspecified atom stereocenters. The molecule has 1 atom stereocenters. The number of amides is 1. The van der Waals surface area contributed by atoms with E-state index in [1.807, 2.05) is 0 Å².